The fourth-order valence-electron chi connectivity index (χ4n) is 1.91. The lowest BCUT2D eigenvalue weighted by Gasteiger charge is -2.07. The predicted octanol–water partition coefficient (Wildman–Crippen LogP) is 3.97. The number of carbonyl (C=O) groups is 1. The number of aliphatic hydroxyl groups excluding tert-OH is 1. The molecule has 0 amide bonds. The Kier molecular flexibility index (Phi) is 7.99. The van der Waals surface area contributed by atoms with Crippen LogP contribution in [0.2, 0.25) is 0 Å². The molecule has 0 heterocycles. The highest BCUT2D eigenvalue weighted by Crippen LogP contribution is 2.23. The first kappa shape index (κ1) is 20.1. The molecule has 0 aromatic heterocycles. The molecule has 0 bridgehead atoms. The maximum absolute atomic E-state index is 11.2. The largest absolute Gasteiger partial charge is 0.491 e. The van der Waals surface area contributed by atoms with Gasteiger partial charge >= 0.3 is 5.97 Å². The Hall–Kier alpha value is -3.19. The topological polar surface area (TPSA) is 89.7 Å². The van der Waals surface area contributed by atoms with E-state index in [-0.39, 0.29) is 26.4 Å². The van der Waals surface area contributed by atoms with Crippen LogP contribution in [0.1, 0.15) is 6.92 Å². The second-order valence-corrected chi connectivity index (χ2v) is 5.52. The Morgan fingerprint density at radius 1 is 0.889 bits per heavy atom. The Morgan fingerprint density at radius 3 is 1.81 bits per heavy atom. The number of rotatable bonds is 10. The summed E-state index contributed by atoms with van der Waals surface area (Å²) in [7, 11) is 0. The number of aliphatic hydroxyl groups is 1. The molecule has 1 N–H and O–H groups in total. The zero-order chi connectivity index (χ0) is 19.5. The van der Waals surface area contributed by atoms with Crippen molar-refractivity contribution in [3.8, 4) is 11.5 Å². The van der Waals surface area contributed by atoms with E-state index in [0.717, 1.165) is 0 Å². The van der Waals surface area contributed by atoms with Gasteiger partial charge in [-0.3, -0.25) is 0 Å². The van der Waals surface area contributed by atoms with Crippen molar-refractivity contribution in [1.82, 2.24) is 0 Å². The van der Waals surface area contributed by atoms with Gasteiger partial charge in [-0.25, -0.2) is 4.79 Å². The van der Waals surface area contributed by atoms with Crippen LogP contribution in [-0.2, 0) is 9.53 Å². The summed E-state index contributed by atoms with van der Waals surface area (Å²) < 4.78 is 15.7. The third-order valence-corrected chi connectivity index (χ3v) is 3.25. The molecule has 0 unspecified atom stereocenters. The number of ether oxygens (including phenoxy) is 3. The maximum atomic E-state index is 11.2. The zero-order valence-corrected chi connectivity index (χ0v) is 15.1. The summed E-state index contributed by atoms with van der Waals surface area (Å²) >= 11 is 0. The summed E-state index contributed by atoms with van der Waals surface area (Å²) in [6.07, 6.45) is 0. The summed E-state index contributed by atoms with van der Waals surface area (Å²) in [5.41, 5.74) is 1.72. The average molecular weight is 370 g/mol. The normalized spacial score (nSPS) is 10.6. The molecule has 2 aromatic rings. The van der Waals surface area contributed by atoms with Crippen LogP contribution in [0.15, 0.2) is 70.9 Å². The van der Waals surface area contributed by atoms with Crippen molar-refractivity contribution in [3.63, 3.8) is 0 Å². The van der Waals surface area contributed by atoms with E-state index in [2.05, 4.69) is 16.8 Å². The minimum absolute atomic E-state index is 0.0270. The summed E-state index contributed by atoms with van der Waals surface area (Å²) in [5, 5.41) is 17.0. The van der Waals surface area contributed by atoms with Crippen LogP contribution in [0.25, 0.3) is 0 Å². The standard InChI is InChI=1S/C20H22N2O5/c1-15(2)20(24)27-14-13-26-19-9-5-17(6-10-19)22-21-16-3-7-18(8-4-16)25-12-11-23/h3-10,23H,1,11-14H2,2H3. The SMILES string of the molecule is C=C(C)C(=O)OCCOc1ccc(N=Nc2ccc(OCCO)cc2)cc1. The molecule has 2 rings (SSSR count). The van der Waals surface area contributed by atoms with Crippen molar-refractivity contribution in [2.75, 3.05) is 26.4 Å². The molecule has 0 saturated heterocycles. The number of benzene rings is 2. The lowest BCUT2D eigenvalue weighted by Crippen LogP contribution is -2.12. The highest BCUT2D eigenvalue weighted by Gasteiger charge is 2.02. The quantitative estimate of drug-likeness (QED) is 0.296. The average Bonchev–Trinajstić information content (AvgIpc) is 2.69. The van der Waals surface area contributed by atoms with Crippen LogP contribution in [0.3, 0.4) is 0 Å². The molecule has 27 heavy (non-hydrogen) atoms. The fraction of sp³-hybridized carbons (Fsp3) is 0.250. The molecule has 0 radical (unpaired) electrons. The number of azo groups is 1. The molecule has 0 aliphatic rings. The van der Waals surface area contributed by atoms with Crippen molar-refractivity contribution >= 4 is 17.3 Å². The Labute approximate surface area is 157 Å². The molecular formula is C20H22N2O5. The molecule has 0 atom stereocenters. The number of esters is 1. The molecule has 0 spiro atoms. The Balaban J connectivity index is 1.80. The van der Waals surface area contributed by atoms with Crippen molar-refractivity contribution in [2.24, 2.45) is 10.2 Å². The Morgan fingerprint density at radius 2 is 1.37 bits per heavy atom. The minimum Gasteiger partial charge on any atom is -0.491 e. The number of hydrogen-bond acceptors (Lipinski definition) is 7. The monoisotopic (exact) mass is 370 g/mol. The van der Waals surface area contributed by atoms with E-state index in [0.29, 0.717) is 28.4 Å². The summed E-state index contributed by atoms with van der Waals surface area (Å²) in [5.74, 6) is 0.881. The molecule has 2 aromatic carbocycles. The van der Waals surface area contributed by atoms with Gasteiger partial charge in [0.2, 0.25) is 0 Å². The van der Waals surface area contributed by atoms with Crippen LogP contribution in [0.4, 0.5) is 11.4 Å². The zero-order valence-electron chi connectivity index (χ0n) is 15.1. The molecule has 0 fully saturated rings. The van der Waals surface area contributed by atoms with E-state index in [4.69, 9.17) is 19.3 Å². The van der Waals surface area contributed by atoms with Gasteiger partial charge in [-0.1, -0.05) is 6.58 Å². The van der Waals surface area contributed by atoms with E-state index >= 15 is 0 Å². The van der Waals surface area contributed by atoms with E-state index in [9.17, 15) is 4.79 Å². The molecule has 0 saturated carbocycles. The first-order valence-corrected chi connectivity index (χ1v) is 8.39. The van der Waals surface area contributed by atoms with Crippen molar-refractivity contribution < 1.29 is 24.1 Å². The first-order chi connectivity index (χ1) is 13.1. The van der Waals surface area contributed by atoms with E-state index in [1.54, 1.807) is 55.5 Å². The highest BCUT2D eigenvalue weighted by atomic mass is 16.6. The van der Waals surface area contributed by atoms with Crippen LogP contribution in [0, 0.1) is 0 Å². The lowest BCUT2D eigenvalue weighted by atomic mass is 10.3. The second-order valence-electron chi connectivity index (χ2n) is 5.52. The smallest absolute Gasteiger partial charge is 0.333 e. The molecule has 7 nitrogen and oxygen atoms in total. The molecule has 0 aliphatic carbocycles. The van der Waals surface area contributed by atoms with Gasteiger partial charge in [0, 0.05) is 5.57 Å². The summed E-state index contributed by atoms with van der Waals surface area (Å²) in [6.45, 7) is 5.74. The van der Waals surface area contributed by atoms with Crippen LogP contribution >= 0.6 is 0 Å². The Bertz CT molecular complexity index is 770. The third kappa shape index (κ3) is 7.29. The van der Waals surface area contributed by atoms with Crippen LogP contribution < -0.4 is 9.47 Å². The molecule has 7 heteroatoms. The van der Waals surface area contributed by atoms with Gasteiger partial charge in [0.05, 0.1) is 18.0 Å². The number of carbonyl (C=O) groups excluding carboxylic acids is 1. The van der Waals surface area contributed by atoms with Gasteiger partial charge in [0.15, 0.2) is 0 Å². The van der Waals surface area contributed by atoms with Gasteiger partial charge in [-0.15, -0.1) is 0 Å². The third-order valence-electron chi connectivity index (χ3n) is 3.25. The summed E-state index contributed by atoms with van der Waals surface area (Å²) in [6, 6.07) is 14.2. The second kappa shape index (κ2) is 10.7. The van der Waals surface area contributed by atoms with E-state index in [1.165, 1.54) is 0 Å². The highest BCUT2D eigenvalue weighted by molar-refractivity contribution is 5.86. The predicted molar refractivity (Wildman–Crippen MR) is 101 cm³/mol. The molecular weight excluding hydrogens is 348 g/mol. The minimum atomic E-state index is -0.428. The molecule has 142 valence electrons. The van der Waals surface area contributed by atoms with Crippen molar-refractivity contribution in [3.05, 3.63) is 60.7 Å². The first-order valence-electron chi connectivity index (χ1n) is 8.39. The van der Waals surface area contributed by atoms with Crippen LogP contribution in [-0.4, -0.2) is 37.5 Å². The molecule has 0 aliphatic heterocycles. The van der Waals surface area contributed by atoms with Gasteiger partial charge in [-0.2, -0.15) is 10.2 Å². The maximum Gasteiger partial charge on any atom is 0.333 e. The van der Waals surface area contributed by atoms with Gasteiger partial charge < -0.3 is 19.3 Å². The van der Waals surface area contributed by atoms with Gasteiger partial charge in [-0.05, 0) is 55.5 Å². The summed E-state index contributed by atoms with van der Waals surface area (Å²) in [4.78, 5) is 11.2. The van der Waals surface area contributed by atoms with Crippen molar-refractivity contribution in [1.29, 1.82) is 0 Å². The van der Waals surface area contributed by atoms with Crippen molar-refractivity contribution in [2.45, 2.75) is 6.92 Å². The number of hydrogen-bond donors (Lipinski definition) is 1. The van der Waals surface area contributed by atoms with Gasteiger partial charge in [0.1, 0.15) is 31.3 Å². The van der Waals surface area contributed by atoms with E-state index < -0.39 is 5.97 Å². The lowest BCUT2D eigenvalue weighted by molar-refractivity contribution is -0.139. The van der Waals surface area contributed by atoms with Crippen LogP contribution in [0.5, 0.6) is 11.5 Å². The van der Waals surface area contributed by atoms with E-state index in [1.807, 2.05) is 0 Å². The fourth-order valence-corrected chi connectivity index (χ4v) is 1.91. The number of nitrogens with zero attached hydrogens (tertiary/aromatic N) is 2. The van der Waals surface area contributed by atoms with Gasteiger partial charge in [0.25, 0.3) is 0 Å².